The molecule has 0 aliphatic carbocycles. The summed E-state index contributed by atoms with van der Waals surface area (Å²) in [6, 6.07) is 0. The summed E-state index contributed by atoms with van der Waals surface area (Å²) in [5.74, 6) is -1.07. The van der Waals surface area contributed by atoms with Gasteiger partial charge in [0.2, 0.25) is 0 Å². The zero-order chi connectivity index (χ0) is 39.1. The van der Waals surface area contributed by atoms with Gasteiger partial charge in [-0.15, -0.1) is 0 Å². The lowest BCUT2D eigenvalue weighted by molar-refractivity contribution is -0.161. The maximum absolute atomic E-state index is 12.4. The van der Waals surface area contributed by atoms with Crippen LogP contribution in [0, 0.1) is 0 Å². The number of unbranched alkanes of at least 4 members (excludes halogenated alkanes) is 5. The zero-order valence-electron chi connectivity index (χ0n) is 32.2. The smallest absolute Gasteiger partial charge is 0.462 e. The summed E-state index contributed by atoms with van der Waals surface area (Å²) in [5, 5.41) is 10.0. The van der Waals surface area contributed by atoms with Crippen LogP contribution in [-0.4, -0.2) is 52.3 Å². The van der Waals surface area contributed by atoms with Crippen LogP contribution in [0.25, 0.3) is 0 Å². The Kier molecular flexibility index (Phi) is 34.7. The Morgan fingerprint density at radius 2 is 1.11 bits per heavy atom. The van der Waals surface area contributed by atoms with Crippen molar-refractivity contribution < 1.29 is 43.0 Å². The topological polar surface area (TPSA) is 140 Å². The Labute approximate surface area is 319 Å². The number of carbonyl (C=O) groups is 2. The second-order valence-electron chi connectivity index (χ2n) is 12.4. The molecule has 0 fully saturated rings. The Hall–Kier alpha value is -3.33. The number of carbonyl (C=O) groups excluding carboxylic acids is 2. The quantitative estimate of drug-likeness (QED) is 0.0196. The number of aliphatic hydroxyl groups is 1. The van der Waals surface area contributed by atoms with Gasteiger partial charge in [-0.25, -0.2) is 4.57 Å². The van der Waals surface area contributed by atoms with E-state index in [1.54, 1.807) is 6.08 Å². The molecule has 0 aliphatic heterocycles. The van der Waals surface area contributed by atoms with Crippen molar-refractivity contribution in [3.8, 4) is 0 Å². The Bertz CT molecular complexity index is 1230. The number of allylic oxidation sites excluding steroid dienone is 16. The van der Waals surface area contributed by atoms with E-state index in [4.69, 9.17) is 19.3 Å². The second kappa shape index (κ2) is 37.0. The number of ether oxygens (including phenoxy) is 2. The number of phosphoric ester groups is 1. The van der Waals surface area contributed by atoms with Crippen LogP contribution < -0.4 is 0 Å². The molecule has 0 amide bonds. The molecule has 0 heterocycles. The highest BCUT2D eigenvalue weighted by molar-refractivity contribution is 7.46. The van der Waals surface area contributed by atoms with E-state index in [0.717, 1.165) is 38.5 Å². The summed E-state index contributed by atoms with van der Waals surface area (Å²) in [6.45, 7) is 3.34. The molecular weight excluding hydrogens is 691 g/mol. The highest BCUT2D eigenvalue weighted by Gasteiger charge is 2.22. The van der Waals surface area contributed by atoms with E-state index in [1.165, 1.54) is 19.3 Å². The predicted octanol–water partition coefficient (Wildman–Crippen LogP) is 10.6. The molecule has 0 bridgehead atoms. The van der Waals surface area contributed by atoms with Gasteiger partial charge in [-0.05, 0) is 83.5 Å². The van der Waals surface area contributed by atoms with E-state index < -0.39 is 38.6 Å². The molecular formula is C43H67O9P. The van der Waals surface area contributed by atoms with Crippen molar-refractivity contribution in [2.24, 2.45) is 0 Å². The van der Waals surface area contributed by atoms with Crippen LogP contribution in [0.5, 0.6) is 0 Å². The summed E-state index contributed by atoms with van der Waals surface area (Å²) >= 11 is 0. The molecule has 0 aliphatic rings. The van der Waals surface area contributed by atoms with Gasteiger partial charge in [0.05, 0.1) is 12.7 Å². The van der Waals surface area contributed by atoms with Crippen LogP contribution in [0.4, 0.5) is 0 Å². The second-order valence-corrected chi connectivity index (χ2v) is 13.6. The molecule has 10 heteroatoms. The normalized spacial score (nSPS) is 14.3. The van der Waals surface area contributed by atoms with Gasteiger partial charge >= 0.3 is 19.8 Å². The highest BCUT2D eigenvalue weighted by Crippen LogP contribution is 2.35. The summed E-state index contributed by atoms with van der Waals surface area (Å²) in [4.78, 5) is 42.7. The highest BCUT2D eigenvalue weighted by atomic mass is 31.2. The van der Waals surface area contributed by atoms with Gasteiger partial charge in [0, 0.05) is 12.8 Å². The standard InChI is InChI=1S/C43H67O9P/c1-3-5-7-9-11-12-13-14-15-16-17-18-19-20-24-28-32-36-42(45)50-38-41(39-51-53(47,48)49)52-43(46)37-33-29-25-21-23-27-31-35-40(44)34-30-26-22-10-8-6-4-2/h5,7,11-12,14-15,17-18,20-22,24-27,30-31,34,40-41,44H,3-4,6,8-10,13,16,19,23,28-29,32-33,35-39H2,1-2H3,(H2,47,48,49)/b7-5-,12-11-,15-14-,18-17-,24-20-,25-21+,26-22-,31-27-,34-30-/t40-,41+/m0/s1. The molecule has 3 N–H and O–H groups in total. The Morgan fingerprint density at radius 3 is 1.66 bits per heavy atom. The number of hydrogen-bond acceptors (Lipinski definition) is 7. The lowest BCUT2D eigenvalue weighted by Crippen LogP contribution is -2.29. The Balaban J connectivity index is 4.25. The van der Waals surface area contributed by atoms with Crippen molar-refractivity contribution in [2.75, 3.05) is 13.2 Å². The third-order valence-corrected chi connectivity index (χ3v) is 7.84. The van der Waals surface area contributed by atoms with Crippen LogP contribution in [-0.2, 0) is 28.2 Å². The van der Waals surface area contributed by atoms with Gasteiger partial charge in [-0.2, -0.15) is 0 Å². The van der Waals surface area contributed by atoms with E-state index in [9.17, 15) is 19.3 Å². The van der Waals surface area contributed by atoms with E-state index in [2.05, 4.69) is 73.1 Å². The fourth-order valence-electron chi connectivity index (χ4n) is 4.48. The minimum absolute atomic E-state index is 0.0827. The van der Waals surface area contributed by atoms with Crippen molar-refractivity contribution in [3.05, 3.63) is 109 Å². The van der Waals surface area contributed by atoms with Gasteiger partial charge < -0.3 is 24.4 Å². The van der Waals surface area contributed by atoms with Gasteiger partial charge in [0.25, 0.3) is 0 Å². The van der Waals surface area contributed by atoms with Crippen molar-refractivity contribution in [1.29, 1.82) is 0 Å². The van der Waals surface area contributed by atoms with Crippen molar-refractivity contribution in [1.82, 2.24) is 0 Å². The first-order valence-electron chi connectivity index (χ1n) is 19.3. The van der Waals surface area contributed by atoms with Crippen molar-refractivity contribution >= 4 is 19.8 Å². The van der Waals surface area contributed by atoms with Gasteiger partial charge in [0.1, 0.15) is 6.61 Å². The zero-order valence-corrected chi connectivity index (χ0v) is 33.1. The molecule has 0 aromatic heterocycles. The van der Waals surface area contributed by atoms with Gasteiger partial charge in [0.15, 0.2) is 6.10 Å². The minimum atomic E-state index is -4.80. The summed E-state index contributed by atoms with van der Waals surface area (Å²) in [7, 11) is -4.80. The first-order valence-corrected chi connectivity index (χ1v) is 20.8. The van der Waals surface area contributed by atoms with E-state index in [0.29, 0.717) is 38.5 Å². The molecule has 298 valence electrons. The summed E-state index contributed by atoms with van der Waals surface area (Å²) in [5.41, 5.74) is 0. The molecule has 0 aromatic rings. The molecule has 53 heavy (non-hydrogen) atoms. The predicted molar refractivity (Wildman–Crippen MR) is 217 cm³/mol. The van der Waals surface area contributed by atoms with Gasteiger partial charge in [-0.3, -0.25) is 14.1 Å². The molecule has 9 nitrogen and oxygen atoms in total. The number of rotatable bonds is 33. The van der Waals surface area contributed by atoms with Crippen LogP contribution in [0.3, 0.4) is 0 Å². The Morgan fingerprint density at radius 1 is 0.604 bits per heavy atom. The molecule has 0 aromatic carbocycles. The first kappa shape index (κ1) is 49.7. The van der Waals surface area contributed by atoms with Crippen molar-refractivity contribution in [3.63, 3.8) is 0 Å². The fourth-order valence-corrected chi connectivity index (χ4v) is 4.84. The SMILES string of the molecule is CC/C=C\C/C=C\C/C=C\C/C=C\C/C=C\CCCC(=O)OC[C@H](COP(=O)(O)O)OC(=O)CCC/C=C/C/C=C\C[C@@H](O)/C=C\C=C/CCCCC. The molecule has 0 radical (unpaired) electrons. The van der Waals surface area contributed by atoms with Crippen LogP contribution >= 0.6 is 7.82 Å². The lowest BCUT2D eigenvalue weighted by Gasteiger charge is -2.18. The summed E-state index contributed by atoms with van der Waals surface area (Å²) in [6.07, 6.45) is 48.4. The molecule has 0 saturated heterocycles. The minimum Gasteiger partial charge on any atom is -0.462 e. The molecule has 0 spiro atoms. The van der Waals surface area contributed by atoms with E-state index in [1.807, 2.05) is 48.6 Å². The molecule has 0 unspecified atom stereocenters. The van der Waals surface area contributed by atoms with E-state index >= 15 is 0 Å². The maximum Gasteiger partial charge on any atom is 0.469 e. The molecule has 0 rings (SSSR count). The third-order valence-electron chi connectivity index (χ3n) is 7.36. The monoisotopic (exact) mass is 758 g/mol. The average molecular weight is 759 g/mol. The lowest BCUT2D eigenvalue weighted by atomic mass is 10.2. The third kappa shape index (κ3) is 39.7. The number of aliphatic hydroxyl groups excluding tert-OH is 1. The largest absolute Gasteiger partial charge is 0.469 e. The first-order chi connectivity index (χ1) is 25.7. The van der Waals surface area contributed by atoms with E-state index in [-0.39, 0.29) is 19.4 Å². The van der Waals surface area contributed by atoms with Crippen molar-refractivity contribution in [2.45, 2.75) is 135 Å². The van der Waals surface area contributed by atoms with Gasteiger partial charge in [-0.1, -0.05) is 136 Å². The molecule has 0 saturated carbocycles. The van der Waals surface area contributed by atoms with Crippen LogP contribution in [0.1, 0.15) is 123 Å². The fraction of sp³-hybridized carbons (Fsp3) is 0.535. The number of hydrogen-bond donors (Lipinski definition) is 3. The number of esters is 2. The summed E-state index contributed by atoms with van der Waals surface area (Å²) < 4.78 is 26.2. The van der Waals surface area contributed by atoms with Crippen LogP contribution in [0.2, 0.25) is 0 Å². The molecule has 2 atom stereocenters. The number of phosphoric acid groups is 1. The van der Waals surface area contributed by atoms with Crippen LogP contribution in [0.15, 0.2) is 109 Å². The maximum atomic E-state index is 12.4. The average Bonchev–Trinajstić information content (AvgIpc) is 3.12.